The number of benzene rings is 3. The van der Waals surface area contributed by atoms with Crippen molar-refractivity contribution >= 4 is 37.6 Å². The average Bonchev–Trinajstić information content (AvgIpc) is 2.62. The average molecular weight is 378 g/mol. The maximum absolute atomic E-state index is 9.49. The van der Waals surface area contributed by atoms with Crippen molar-refractivity contribution in [3.63, 3.8) is 0 Å². The molecule has 0 bridgehead atoms. The third kappa shape index (κ3) is 2.70. The van der Waals surface area contributed by atoms with Gasteiger partial charge in [-0.25, -0.2) is 4.98 Å². The molecule has 24 heavy (non-hydrogen) atoms. The van der Waals surface area contributed by atoms with Crippen molar-refractivity contribution in [1.82, 2.24) is 4.98 Å². The van der Waals surface area contributed by atoms with Crippen LogP contribution in [0.3, 0.4) is 0 Å². The minimum absolute atomic E-state index is 0.113. The van der Waals surface area contributed by atoms with Crippen molar-refractivity contribution < 1.29 is 5.11 Å². The maximum atomic E-state index is 9.49. The molecule has 118 valence electrons. The van der Waals surface area contributed by atoms with E-state index in [2.05, 4.69) is 64.5 Å². The lowest BCUT2D eigenvalue weighted by Gasteiger charge is -2.12. The Hall–Kier alpha value is -2.23. The standard InChI is InChI=1S/C21H16BrNO/c22-17-8-5-15(6-9-17)21-16(11-12-24)13-19-18-4-2-1-3-14(18)7-10-20(19)23-21/h1-10,13,24H,11-12H2. The zero-order chi connectivity index (χ0) is 16.5. The van der Waals surface area contributed by atoms with Gasteiger partial charge in [0.05, 0.1) is 11.2 Å². The molecule has 0 saturated heterocycles. The number of aliphatic hydroxyl groups is 1. The van der Waals surface area contributed by atoms with Crippen molar-refractivity contribution in [2.45, 2.75) is 6.42 Å². The van der Waals surface area contributed by atoms with E-state index in [0.717, 1.165) is 32.2 Å². The van der Waals surface area contributed by atoms with Gasteiger partial charge in [-0.2, -0.15) is 0 Å². The Kier molecular flexibility index (Phi) is 4.05. The highest BCUT2D eigenvalue weighted by molar-refractivity contribution is 9.10. The maximum Gasteiger partial charge on any atom is 0.0742 e. The van der Waals surface area contributed by atoms with Crippen molar-refractivity contribution in [3.8, 4) is 11.3 Å². The molecule has 0 spiro atoms. The van der Waals surface area contributed by atoms with Gasteiger partial charge in [0.15, 0.2) is 0 Å². The molecule has 0 aliphatic rings. The molecule has 3 heteroatoms. The lowest BCUT2D eigenvalue weighted by atomic mass is 9.98. The number of rotatable bonds is 3. The molecule has 2 nitrogen and oxygen atoms in total. The summed E-state index contributed by atoms with van der Waals surface area (Å²) in [5.41, 5.74) is 4.06. The zero-order valence-electron chi connectivity index (χ0n) is 13.0. The van der Waals surface area contributed by atoms with Crippen LogP contribution in [-0.4, -0.2) is 16.7 Å². The van der Waals surface area contributed by atoms with Crippen molar-refractivity contribution in [1.29, 1.82) is 0 Å². The first kappa shape index (κ1) is 15.3. The highest BCUT2D eigenvalue weighted by atomic mass is 79.9. The number of hydrogen-bond acceptors (Lipinski definition) is 2. The summed E-state index contributed by atoms with van der Waals surface area (Å²) in [6.07, 6.45) is 0.595. The van der Waals surface area contributed by atoms with Gasteiger partial charge < -0.3 is 5.11 Å². The first-order chi connectivity index (χ1) is 11.8. The first-order valence-corrected chi connectivity index (χ1v) is 8.74. The predicted molar refractivity (Wildman–Crippen MR) is 103 cm³/mol. The van der Waals surface area contributed by atoms with Gasteiger partial charge in [0.25, 0.3) is 0 Å². The number of pyridine rings is 1. The molecular formula is C21H16BrNO. The number of aliphatic hydroxyl groups excluding tert-OH is 1. The molecule has 0 fully saturated rings. The van der Waals surface area contributed by atoms with E-state index in [1.165, 1.54) is 10.8 Å². The first-order valence-electron chi connectivity index (χ1n) is 7.94. The van der Waals surface area contributed by atoms with Gasteiger partial charge in [-0.1, -0.05) is 58.4 Å². The monoisotopic (exact) mass is 377 g/mol. The van der Waals surface area contributed by atoms with Crippen LogP contribution < -0.4 is 0 Å². The minimum Gasteiger partial charge on any atom is -0.396 e. The van der Waals surface area contributed by atoms with Crippen LogP contribution in [0.4, 0.5) is 0 Å². The lowest BCUT2D eigenvalue weighted by molar-refractivity contribution is 0.299. The van der Waals surface area contributed by atoms with Crippen LogP contribution in [0.15, 0.2) is 71.2 Å². The summed E-state index contributed by atoms with van der Waals surface area (Å²) < 4.78 is 1.04. The van der Waals surface area contributed by atoms with E-state index in [1.54, 1.807) is 0 Å². The molecule has 0 radical (unpaired) electrons. The molecule has 0 amide bonds. The largest absolute Gasteiger partial charge is 0.396 e. The van der Waals surface area contributed by atoms with Crippen LogP contribution in [0.25, 0.3) is 32.9 Å². The Morgan fingerprint density at radius 1 is 0.875 bits per heavy atom. The second-order valence-corrected chi connectivity index (χ2v) is 6.75. The van der Waals surface area contributed by atoms with Crippen LogP contribution in [0.5, 0.6) is 0 Å². The lowest BCUT2D eigenvalue weighted by Crippen LogP contribution is -1.98. The molecule has 0 atom stereocenters. The Labute approximate surface area is 148 Å². The third-order valence-corrected chi connectivity index (χ3v) is 4.83. The Balaban J connectivity index is 2.01. The molecule has 1 aromatic heterocycles. The van der Waals surface area contributed by atoms with E-state index in [4.69, 9.17) is 4.98 Å². The van der Waals surface area contributed by atoms with Gasteiger partial charge >= 0.3 is 0 Å². The van der Waals surface area contributed by atoms with E-state index >= 15 is 0 Å². The number of hydrogen-bond donors (Lipinski definition) is 1. The molecule has 3 aromatic carbocycles. The molecule has 1 heterocycles. The van der Waals surface area contributed by atoms with Crippen LogP contribution in [0.1, 0.15) is 5.56 Å². The highest BCUT2D eigenvalue weighted by Crippen LogP contribution is 2.31. The summed E-state index contributed by atoms with van der Waals surface area (Å²) in [6, 6.07) is 22.9. The quantitative estimate of drug-likeness (QED) is 0.488. The molecule has 0 saturated carbocycles. The summed E-state index contributed by atoms with van der Waals surface area (Å²) in [4.78, 5) is 4.92. The normalized spacial score (nSPS) is 11.2. The Morgan fingerprint density at radius 3 is 2.46 bits per heavy atom. The summed E-state index contributed by atoms with van der Waals surface area (Å²) in [5.74, 6) is 0. The predicted octanol–water partition coefficient (Wildman–Crippen LogP) is 5.35. The summed E-state index contributed by atoms with van der Waals surface area (Å²) in [7, 11) is 0. The minimum atomic E-state index is 0.113. The second-order valence-electron chi connectivity index (χ2n) is 5.83. The number of aromatic nitrogens is 1. The molecule has 0 aliphatic heterocycles. The molecule has 0 aliphatic carbocycles. The van der Waals surface area contributed by atoms with Crippen LogP contribution in [-0.2, 0) is 6.42 Å². The summed E-state index contributed by atoms with van der Waals surface area (Å²) in [5, 5.41) is 13.0. The smallest absolute Gasteiger partial charge is 0.0742 e. The van der Waals surface area contributed by atoms with Gasteiger partial charge in [0.1, 0.15) is 0 Å². The van der Waals surface area contributed by atoms with E-state index in [9.17, 15) is 5.11 Å². The molecule has 4 aromatic rings. The van der Waals surface area contributed by atoms with Crippen LogP contribution in [0.2, 0.25) is 0 Å². The summed E-state index contributed by atoms with van der Waals surface area (Å²) >= 11 is 3.47. The van der Waals surface area contributed by atoms with Crippen LogP contribution >= 0.6 is 15.9 Å². The Bertz CT molecular complexity index is 1030. The van der Waals surface area contributed by atoms with Gasteiger partial charge in [-0.05, 0) is 47.0 Å². The fourth-order valence-electron chi connectivity index (χ4n) is 3.14. The van der Waals surface area contributed by atoms with Gasteiger partial charge in [-0.15, -0.1) is 0 Å². The fraction of sp³-hybridized carbons (Fsp3) is 0.0952. The van der Waals surface area contributed by atoms with E-state index in [-0.39, 0.29) is 6.61 Å². The molecule has 1 N–H and O–H groups in total. The zero-order valence-corrected chi connectivity index (χ0v) is 14.6. The third-order valence-electron chi connectivity index (χ3n) is 4.30. The molecule has 0 unspecified atom stereocenters. The van der Waals surface area contributed by atoms with Crippen LogP contribution in [0, 0.1) is 0 Å². The van der Waals surface area contributed by atoms with E-state index in [0.29, 0.717) is 6.42 Å². The number of halogens is 1. The van der Waals surface area contributed by atoms with Crippen molar-refractivity contribution in [2.24, 2.45) is 0 Å². The fourth-order valence-corrected chi connectivity index (χ4v) is 3.40. The SMILES string of the molecule is OCCc1cc2c(ccc3ccccc32)nc1-c1ccc(Br)cc1. The highest BCUT2D eigenvalue weighted by Gasteiger charge is 2.11. The van der Waals surface area contributed by atoms with Crippen molar-refractivity contribution in [2.75, 3.05) is 6.61 Å². The summed E-state index contributed by atoms with van der Waals surface area (Å²) in [6.45, 7) is 0.113. The molecular weight excluding hydrogens is 362 g/mol. The van der Waals surface area contributed by atoms with Gasteiger partial charge in [0.2, 0.25) is 0 Å². The number of nitrogens with zero attached hydrogens (tertiary/aromatic N) is 1. The van der Waals surface area contributed by atoms with E-state index < -0.39 is 0 Å². The van der Waals surface area contributed by atoms with Gasteiger partial charge in [-0.3, -0.25) is 0 Å². The second kappa shape index (κ2) is 6.34. The number of fused-ring (bicyclic) bond motifs is 3. The molecule has 4 rings (SSSR count). The van der Waals surface area contributed by atoms with E-state index in [1.807, 2.05) is 18.2 Å². The topological polar surface area (TPSA) is 33.1 Å². The van der Waals surface area contributed by atoms with Crippen molar-refractivity contribution in [3.05, 3.63) is 76.8 Å². The van der Waals surface area contributed by atoms with Gasteiger partial charge in [0, 0.05) is 22.0 Å². The Morgan fingerprint density at radius 2 is 1.67 bits per heavy atom.